The number of hydrogen-bond donors (Lipinski definition) is 1. The van der Waals surface area contributed by atoms with Crippen molar-refractivity contribution < 1.29 is 13.9 Å². The van der Waals surface area contributed by atoms with Gasteiger partial charge in [-0.3, -0.25) is 4.79 Å². The summed E-state index contributed by atoms with van der Waals surface area (Å²) >= 11 is 0. The number of para-hydroxylation sites is 2. The van der Waals surface area contributed by atoms with E-state index in [0.717, 1.165) is 29.7 Å². The third-order valence-corrected chi connectivity index (χ3v) is 4.64. The summed E-state index contributed by atoms with van der Waals surface area (Å²) in [6.07, 6.45) is 1.73. The number of halogens is 1. The van der Waals surface area contributed by atoms with Crippen LogP contribution in [0.1, 0.15) is 35.1 Å². The number of hydrogen-bond acceptors (Lipinski definition) is 3. The lowest BCUT2D eigenvalue weighted by molar-refractivity contribution is 0.0730. The standard InChI is InChI=1S/C19H18FN3O2/c1-25-17-9-8-12(11-13(17)20)19(24)23-10-4-7-16(23)18-21-14-5-2-3-6-15(14)22-18/h2-3,5-6,8-9,11,16H,4,7,10H2,1H3,(H,21,22)/t16-/m0/s1. The highest BCUT2D eigenvalue weighted by atomic mass is 19.1. The second kappa shape index (κ2) is 6.20. The van der Waals surface area contributed by atoms with E-state index in [2.05, 4.69) is 9.97 Å². The fourth-order valence-electron chi connectivity index (χ4n) is 3.39. The number of aromatic amines is 1. The molecule has 0 radical (unpaired) electrons. The van der Waals surface area contributed by atoms with E-state index >= 15 is 0 Å². The maximum Gasteiger partial charge on any atom is 0.254 e. The second-order valence-corrected chi connectivity index (χ2v) is 6.15. The Kier molecular flexibility index (Phi) is 3.87. The van der Waals surface area contributed by atoms with Gasteiger partial charge in [0.25, 0.3) is 5.91 Å². The van der Waals surface area contributed by atoms with Crippen molar-refractivity contribution in [2.24, 2.45) is 0 Å². The van der Waals surface area contributed by atoms with Crippen LogP contribution in [0.3, 0.4) is 0 Å². The summed E-state index contributed by atoms with van der Waals surface area (Å²) in [4.78, 5) is 22.6. The number of nitrogens with one attached hydrogen (secondary N) is 1. The Morgan fingerprint density at radius 1 is 1.32 bits per heavy atom. The van der Waals surface area contributed by atoms with Crippen LogP contribution in [0, 0.1) is 5.82 Å². The van der Waals surface area contributed by atoms with E-state index in [1.807, 2.05) is 24.3 Å². The number of imidazole rings is 1. The quantitative estimate of drug-likeness (QED) is 0.792. The number of aromatic nitrogens is 2. The molecule has 1 aliphatic heterocycles. The molecule has 0 saturated carbocycles. The summed E-state index contributed by atoms with van der Waals surface area (Å²) in [5, 5.41) is 0. The van der Waals surface area contributed by atoms with Gasteiger partial charge in [-0.25, -0.2) is 9.37 Å². The molecule has 5 nitrogen and oxygen atoms in total. The average molecular weight is 339 g/mol. The predicted molar refractivity (Wildman–Crippen MR) is 92.1 cm³/mol. The van der Waals surface area contributed by atoms with Crippen molar-refractivity contribution >= 4 is 16.9 Å². The minimum Gasteiger partial charge on any atom is -0.494 e. The van der Waals surface area contributed by atoms with Gasteiger partial charge in [0.05, 0.1) is 24.2 Å². The van der Waals surface area contributed by atoms with Gasteiger partial charge in [0.2, 0.25) is 0 Å². The van der Waals surface area contributed by atoms with Crippen LogP contribution in [0.2, 0.25) is 0 Å². The number of methoxy groups -OCH3 is 1. The number of rotatable bonds is 3. The van der Waals surface area contributed by atoms with E-state index in [0.29, 0.717) is 12.1 Å². The molecule has 0 spiro atoms. The molecule has 2 aromatic carbocycles. The highest BCUT2D eigenvalue weighted by Gasteiger charge is 2.33. The molecule has 0 bridgehead atoms. The number of likely N-dealkylation sites (tertiary alicyclic amines) is 1. The molecular formula is C19H18FN3O2. The van der Waals surface area contributed by atoms with E-state index in [1.54, 1.807) is 11.0 Å². The lowest BCUT2D eigenvalue weighted by atomic mass is 10.1. The van der Waals surface area contributed by atoms with Gasteiger partial charge in [-0.2, -0.15) is 0 Å². The molecule has 1 N–H and O–H groups in total. The van der Waals surface area contributed by atoms with Crippen molar-refractivity contribution in [3.05, 3.63) is 59.7 Å². The molecule has 1 aromatic heterocycles. The maximum absolute atomic E-state index is 13.9. The zero-order valence-corrected chi connectivity index (χ0v) is 13.8. The molecular weight excluding hydrogens is 321 g/mol. The molecule has 0 unspecified atom stereocenters. The Morgan fingerprint density at radius 3 is 2.92 bits per heavy atom. The van der Waals surface area contributed by atoms with Gasteiger partial charge in [0, 0.05) is 12.1 Å². The molecule has 25 heavy (non-hydrogen) atoms. The molecule has 6 heteroatoms. The van der Waals surface area contributed by atoms with Crippen molar-refractivity contribution in [1.82, 2.24) is 14.9 Å². The molecule has 1 saturated heterocycles. The van der Waals surface area contributed by atoms with E-state index in [1.165, 1.54) is 19.2 Å². The fourth-order valence-corrected chi connectivity index (χ4v) is 3.39. The van der Waals surface area contributed by atoms with Crippen LogP contribution in [-0.4, -0.2) is 34.4 Å². The SMILES string of the molecule is COc1ccc(C(=O)N2CCC[C@H]2c2nc3ccccc3[nH]2)cc1F. The zero-order valence-electron chi connectivity index (χ0n) is 13.8. The molecule has 3 aromatic rings. The predicted octanol–water partition coefficient (Wildman–Crippen LogP) is 3.69. The van der Waals surface area contributed by atoms with E-state index in [4.69, 9.17) is 4.74 Å². The van der Waals surface area contributed by atoms with Crippen molar-refractivity contribution in [2.45, 2.75) is 18.9 Å². The van der Waals surface area contributed by atoms with Crippen LogP contribution < -0.4 is 4.74 Å². The van der Waals surface area contributed by atoms with Gasteiger partial charge < -0.3 is 14.6 Å². The highest BCUT2D eigenvalue weighted by molar-refractivity contribution is 5.95. The molecule has 2 heterocycles. The molecule has 1 fully saturated rings. The minimum absolute atomic E-state index is 0.120. The third kappa shape index (κ3) is 2.73. The molecule has 0 aliphatic carbocycles. The van der Waals surface area contributed by atoms with Crippen molar-refractivity contribution in [3.8, 4) is 5.75 Å². The zero-order chi connectivity index (χ0) is 17.4. The smallest absolute Gasteiger partial charge is 0.254 e. The monoisotopic (exact) mass is 339 g/mol. The number of ether oxygens (including phenoxy) is 1. The number of carbonyl (C=O) groups is 1. The summed E-state index contributed by atoms with van der Waals surface area (Å²) < 4.78 is 18.9. The summed E-state index contributed by atoms with van der Waals surface area (Å²) in [5.41, 5.74) is 2.15. The summed E-state index contributed by atoms with van der Waals surface area (Å²) in [6.45, 7) is 0.633. The number of fused-ring (bicyclic) bond motifs is 1. The Hall–Kier alpha value is -2.89. The van der Waals surface area contributed by atoms with Gasteiger partial charge >= 0.3 is 0 Å². The summed E-state index contributed by atoms with van der Waals surface area (Å²) in [6, 6.07) is 12.0. The number of H-pyrrole nitrogens is 1. The average Bonchev–Trinajstić information content (AvgIpc) is 3.27. The van der Waals surface area contributed by atoms with Crippen LogP contribution in [-0.2, 0) is 0 Å². The molecule has 1 atom stereocenters. The largest absolute Gasteiger partial charge is 0.494 e. The number of benzene rings is 2. The van der Waals surface area contributed by atoms with Crippen LogP contribution in [0.5, 0.6) is 5.75 Å². The first-order valence-corrected chi connectivity index (χ1v) is 8.26. The van der Waals surface area contributed by atoms with Crippen molar-refractivity contribution in [3.63, 3.8) is 0 Å². The highest BCUT2D eigenvalue weighted by Crippen LogP contribution is 2.33. The Bertz CT molecular complexity index is 904. The second-order valence-electron chi connectivity index (χ2n) is 6.15. The topological polar surface area (TPSA) is 58.2 Å². The van der Waals surface area contributed by atoms with Gasteiger partial charge in [0.1, 0.15) is 5.82 Å². The lowest BCUT2D eigenvalue weighted by Gasteiger charge is -2.23. The van der Waals surface area contributed by atoms with E-state index in [-0.39, 0.29) is 17.7 Å². The van der Waals surface area contributed by atoms with Crippen LogP contribution in [0.15, 0.2) is 42.5 Å². The third-order valence-electron chi connectivity index (χ3n) is 4.64. The van der Waals surface area contributed by atoms with Gasteiger partial charge in [-0.1, -0.05) is 12.1 Å². The van der Waals surface area contributed by atoms with E-state index < -0.39 is 5.82 Å². The van der Waals surface area contributed by atoms with Gasteiger partial charge in [-0.15, -0.1) is 0 Å². The number of amides is 1. The Labute approximate surface area is 144 Å². The Balaban J connectivity index is 1.64. The summed E-state index contributed by atoms with van der Waals surface area (Å²) in [5.74, 6) is 0.185. The first-order valence-electron chi connectivity index (χ1n) is 8.26. The normalized spacial score (nSPS) is 17.2. The van der Waals surface area contributed by atoms with Crippen LogP contribution >= 0.6 is 0 Å². The lowest BCUT2D eigenvalue weighted by Crippen LogP contribution is -2.31. The van der Waals surface area contributed by atoms with Gasteiger partial charge in [0.15, 0.2) is 11.6 Å². The first kappa shape index (κ1) is 15.6. The van der Waals surface area contributed by atoms with Crippen molar-refractivity contribution in [2.75, 3.05) is 13.7 Å². The molecule has 4 rings (SSSR count). The minimum atomic E-state index is -0.534. The first-order chi connectivity index (χ1) is 12.2. The summed E-state index contributed by atoms with van der Waals surface area (Å²) in [7, 11) is 1.40. The number of nitrogens with zero attached hydrogens (tertiary/aromatic N) is 2. The molecule has 1 aliphatic rings. The van der Waals surface area contributed by atoms with Gasteiger partial charge in [-0.05, 0) is 43.2 Å². The van der Waals surface area contributed by atoms with Crippen molar-refractivity contribution in [1.29, 1.82) is 0 Å². The Morgan fingerprint density at radius 2 is 2.16 bits per heavy atom. The van der Waals surface area contributed by atoms with E-state index in [9.17, 15) is 9.18 Å². The van der Waals surface area contributed by atoms with Crippen LogP contribution in [0.4, 0.5) is 4.39 Å². The molecule has 128 valence electrons. The number of carbonyl (C=O) groups excluding carboxylic acids is 1. The van der Waals surface area contributed by atoms with Crippen LogP contribution in [0.25, 0.3) is 11.0 Å². The maximum atomic E-state index is 13.9. The fraction of sp³-hybridized carbons (Fsp3) is 0.263. The molecule has 1 amide bonds.